The first-order valence-electron chi connectivity index (χ1n) is 58.4. The minimum atomic E-state index is -0.0931. The number of nitrogens with zero attached hydrogens (tertiary/aromatic N) is 4. The van der Waals surface area contributed by atoms with Gasteiger partial charge in [-0.3, -0.25) is 0 Å². The van der Waals surface area contributed by atoms with E-state index in [9.17, 15) is 0 Å². The second kappa shape index (κ2) is 49.8. The molecule has 0 atom stereocenters. The Morgan fingerprint density at radius 1 is 0.219 bits per heavy atom. The Morgan fingerprint density at radius 3 is 0.603 bits per heavy atom. The van der Waals surface area contributed by atoms with Crippen molar-refractivity contribution in [1.82, 2.24) is 39.9 Å². The van der Waals surface area contributed by atoms with Crippen molar-refractivity contribution in [2.75, 3.05) is 0 Å². The number of aryl methyl sites for hydroxylation is 8. The molecule has 8 nitrogen and oxygen atoms in total. The van der Waals surface area contributed by atoms with Gasteiger partial charge >= 0.3 is 0 Å². The quantitative estimate of drug-likeness (QED) is 0.0225. The van der Waals surface area contributed by atoms with Crippen LogP contribution in [0.1, 0.15) is 521 Å². The number of aromatic nitrogens is 8. The molecule has 146 heavy (non-hydrogen) atoms. The fourth-order valence-electron chi connectivity index (χ4n) is 23.4. The van der Waals surface area contributed by atoms with Crippen LogP contribution in [0.3, 0.4) is 0 Å². The molecule has 4 aliphatic rings. The van der Waals surface area contributed by atoms with Crippen molar-refractivity contribution in [3.63, 3.8) is 0 Å². The molecular weight excluding hydrogens is 1770 g/mol. The van der Waals surface area contributed by atoms with Gasteiger partial charge in [0.15, 0.2) is 0 Å². The van der Waals surface area contributed by atoms with Crippen LogP contribution in [0.25, 0.3) is 133 Å². The Hall–Kier alpha value is -10.4. The number of hydrogen-bond donors (Lipinski definition) is 4. The van der Waals surface area contributed by atoms with Crippen LogP contribution >= 0.6 is 0 Å². The maximum Gasteiger partial charge on any atom is 0.0769 e. The van der Waals surface area contributed by atoms with E-state index in [0.29, 0.717) is 0 Å². The highest BCUT2D eigenvalue weighted by molar-refractivity contribution is 6.07. The summed E-state index contributed by atoms with van der Waals surface area (Å²) in [5, 5.41) is 0. The zero-order chi connectivity index (χ0) is 105. The summed E-state index contributed by atoms with van der Waals surface area (Å²) < 4.78 is 0. The highest BCUT2D eigenvalue weighted by Crippen LogP contribution is 2.51. The highest BCUT2D eigenvalue weighted by Gasteiger charge is 2.34. The molecule has 778 valence electrons. The Labute approximate surface area is 883 Å². The van der Waals surface area contributed by atoms with E-state index in [0.717, 1.165) is 204 Å². The van der Waals surface area contributed by atoms with E-state index in [-0.39, 0.29) is 21.7 Å². The summed E-state index contributed by atoms with van der Waals surface area (Å²) >= 11 is 0. The number of allylic oxidation sites excluding steroid dienone is 8. The summed E-state index contributed by atoms with van der Waals surface area (Å²) in [6.45, 7) is 66.5. The minimum absolute atomic E-state index is 0.0931. The predicted octanol–water partition coefficient (Wildman–Crippen LogP) is 41.5. The molecule has 10 heterocycles. The SMILES string of the molecule is CCCCCCC1=C(C)c2nc1cc1[nH]c(c(C)c1CCCCCC)c(-c1ccc(C#Cc3ccc(-c4c5nc(cc6[nH]c(c(C)c6CCCCCC)c(-c6cc(C(C)(C)C)cc(C(C)(C)C)c6)c6nc(cc7[nH]c4c(C)c7CCCCCC)C(CCCCCC)=C6C)C(CCCCCC)=C5C)cc3)cc1)c1nc(cc3[nH]c(c(C)c3CCCCCC)c2-c2cc(C(C)(C)C)cc(C(C)(C)C)c2)C(CCCCCC)=C1C. The molecule has 0 fully saturated rings. The van der Waals surface area contributed by atoms with Crippen molar-refractivity contribution in [3.8, 4) is 56.3 Å². The standard InChI is InChI=1S/C138H186N8/c1-29-37-45-53-61-107-89(9)127-123(128-90(10)108(62-54-46-38-30-2)116(140-128)86-120-112(66-58-50-42-34-6)94(14)132(144-120)125(101-79-103(135(17,18)19)83-104(80-101)136(20,21)22)131-93(13)111(65-57-49-41-33-5)119(143-131)85-115(107)139-127)99-75-71-97(72-76-99)69-70-98-73-77-100(78-74-98)124-129-91(11)109(63-55-47-39-31-3)117(141-129)87-121-113(67-59-51-43-35-7)95(15)133(145-121)126(102-81-105(137(23,24)25)84-106(82-102)138(26,27)28)134-96(16)114(68-60-52-44-36-8)122(146-134)88-118-110(64-56-48-40-32-4)92(12)130(124)142-118/h71-88,139,141,144,146H,29-68H2,1-28H3. The molecule has 14 rings (SSSR count). The first-order chi connectivity index (χ1) is 70.0. The number of aromatic amines is 4. The van der Waals surface area contributed by atoms with Crippen LogP contribution in [0.2, 0.25) is 0 Å². The number of hydrogen-bond acceptors (Lipinski definition) is 4. The molecule has 0 spiro atoms. The third kappa shape index (κ3) is 25.7. The van der Waals surface area contributed by atoms with Gasteiger partial charge < -0.3 is 19.9 Å². The molecule has 0 saturated heterocycles. The van der Waals surface area contributed by atoms with Crippen molar-refractivity contribution < 1.29 is 0 Å². The van der Waals surface area contributed by atoms with Crippen LogP contribution in [-0.2, 0) is 47.3 Å². The van der Waals surface area contributed by atoms with Crippen molar-refractivity contribution >= 4 is 88.7 Å². The molecule has 0 amide bonds. The van der Waals surface area contributed by atoms with E-state index in [4.69, 9.17) is 19.9 Å². The van der Waals surface area contributed by atoms with Gasteiger partial charge in [0.05, 0.1) is 67.6 Å². The lowest BCUT2D eigenvalue weighted by atomic mass is 9.78. The molecule has 0 saturated carbocycles. The minimum Gasteiger partial charge on any atom is -0.354 e. The summed E-state index contributed by atoms with van der Waals surface area (Å²) in [5.41, 5.74) is 55.7. The van der Waals surface area contributed by atoms with Gasteiger partial charge in [-0.15, -0.1) is 0 Å². The van der Waals surface area contributed by atoms with E-state index in [1.807, 2.05) is 0 Å². The summed E-state index contributed by atoms with van der Waals surface area (Å²) in [7, 11) is 0. The molecule has 4 aliphatic heterocycles. The number of rotatable bonds is 44. The van der Waals surface area contributed by atoms with Crippen molar-refractivity contribution in [1.29, 1.82) is 0 Å². The molecule has 0 unspecified atom stereocenters. The summed E-state index contributed by atoms with van der Waals surface area (Å²) in [6, 6.07) is 43.5. The van der Waals surface area contributed by atoms with Crippen molar-refractivity contribution in [2.24, 2.45) is 0 Å². The molecule has 16 bridgehead atoms. The van der Waals surface area contributed by atoms with Gasteiger partial charge in [-0.1, -0.05) is 365 Å². The maximum atomic E-state index is 6.16. The Balaban J connectivity index is 0.998. The van der Waals surface area contributed by atoms with E-state index in [2.05, 4.69) is 335 Å². The van der Waals surface area contributed by atoms with Gasteiger partial charge in [0, 0.05) is 55.4 Å². The van der Waals surface area contributed by atoms with Crippen LogP contribution in [0.5, 0.6) is 0 Å². The Morgan fingerprint density at radius 2 is 0.411 bits per heavy atom. The third-order valence-electron chi connectivity index (χ3n) is 33.0. The van der Waals surface area contributed by atoms with Gasteiger partial charge in [-0.25, -0.2) is 19.9 Å². The molecule has 0 aliphatic carbocycles. The second-order valence-electron chi connectivity index (χ2n) is 48.4. The summed E-state index contributed by atoms with van der Waals surface area (Å²) in [5.74, 6) is 7.54. The largest absolute Gasteiger partial charge is 0.354 e. The average Bonchev–Trinajstić information content (AvgIpc) is 1.59. The molecular formula is C138H186N8. The molecule has 6 aromatic heterocycles. The summed E-state index contributed by atoms with van der Waals surface area (Å²) in [6.07, 6.45) is 45.3. The third-order valence-corrected chi connectivity index (χ3v) is 33.0. The highest BCUT2D eigenvalue weighted by atomic mass is 14.8. The Kier molecular flexibility index (Phi) is 38.0. The molecule has 4 aromatic carbocycles. The number of fused-ring (bicyclic) bond motifs is 16. The smallest absolute Gasteiger partial charge is 0.0769 e. The topological polar surface area (TPSA) is 115 Å². The van der Waals surface area contributed by atoms with Crippen LogP contribution in [0.4, 0.5) is 0 Å². The lowest BCUT2D eigenvalue weighted by molar-refractivity contribution is 0.568. The number of unbranched alkanes of at least 4 members (excludes halogenated alkanes) is 24. The number of H-pyrrole nitrogens is 4. The first-order valence-corrected chi connectivity index (χ1v) is 58.4. The van der Waals surface area contributed by atoms with Gasteiger partial charge in [-0.2, -0.15) is 0 Å². The van der Waals surface area contributed by atoms with Crippen molar-refractivity contribution in [3.05, 3.63) is 233 Å². The van der Waals surface area contributed by atoms with Crippen LogP contribution in [0, 0.1) is 39.5 Å². The second-order valence-corrected chi connectivity index (χ2v) is 48.4. The zero-order valence-corrected chi connectivity index (χ0v) is 96.5. The van der Waals surface area contributed by atoms with Crippen LogP contribution < -0.4 is 0 Å². The zero-order valence-electron chi connectivity index (χ0n) is 96.5. The fraction of sp³-hybridized carbons (Fsp3) is 0.522. The molecule has 8 heteroatoms. The summed E-state index contributed by atoms with van der Waals surface area (Å²) in [4.78, 5) is 42.0. The average molecular weight is 1960 g/mol. The molecule has 4 N–H and O–H groups in total. The molecule has 10 aromatic rings. The van der Waals surface area contributed by atoms with E-state index in [1.165, 1.54) is 310 Å². The van der Waals surface area contributed by atoms with Crippen LogP contribution in [-0.4, -0.2) is 39.9 Å². The van der Waals surface area contributed by atoms with Crippen molar-refractivity contribution in [2.45, 2.75) is 472 Å². The maximum absolute atomic E-state index is 6.16. The first kappa shape index (κ1) is 111. The lowest BCUT2D eigenvalue weighted by Crippen LogP contribution is -2.16. The number of benzene rings is 4. The van der Waals surface area contributed by atoms with E-state index >= 15 is 0 Å². The van der Waals surface area contributed by atoms with Gasteiger partial charge in [0.25, 0.3) is 0 Å². The molecule has 0 radical (unpaired) electrons. The van der Waals surface area contributed by atoms with Gasteiger partial charge in [0.2, 0.25) is 0 Å². The number of nitrogens with one attached hydrogen (secondary N) is 4. The van der Waals surface area contributed by atoms with Crippen LogP contribution in [0.15, 0.2) is 109 Å². The normalized spacial score (nSPS) is 13.3. The predicted molar refractivity (Wildman–Crippen MR) is 640 cm³/mol. The monoisotopic (exact) mass is 1960 g/mol. The van der Waals surface area contributed by atoms with Gasteiger partial charge in [-0.05, 0) is 362 Å². The van der Waals surface area contributed by atoms with E-state index in [1.54, 1.807) is 0 Å². The fourth-order valence-corrected chi connectivity index (χ4v) is 23.4. The van der Waals surface area contributed by atoms with Gasteiger partial charge in [0.1, 0.15) is 0 Å². The van der Waals surface area contributed by atoms with E-state index < -0.39 is 0 Å². The Bertz CT molecular complexity index is 6390. The lowest BCUT2D eigenvalue weighted by Gasteiger charge is -2.26.